The van der Waals surface area contributed by atoms with Crippen molar-refractivity contribution in [3.05, 3.63) is 35.4 Å². The van der Waals surface area contributed by atoms with Crippen LogP contribution in [-0.2, 0) is 19.1 Å². The summed E-state index contributed by atoms with van der Waals surface area (Å²) in [6, 6.07) is 6.23. The Morgan fingerprint density at radius 2 is 1.67 bits per heavy atom. The van der Waals surface area contributed by atoms with Gasteiger partial charge < -0.3 is 14.6 Å². The minimum atomic E-state index is -0.721. The number of phenolic OH excluding ortho intramolecular Hbond substituents is 1. The summed E-state index contributed by atoms with van der Waals surface area (Å²) in [6.07, 6.45) is 2.68. The fourth-order valence-electron chi connectivity index (χ4n) is 1.53. The maximum absolute atomic E-state index is 11.9. The number of rotatable bonds is 7. The van der Waals surface area contributed by atoms with E-state index in [1.54, 1.807) is 12.1 Å². The molecule has 0 aliphatic carbocycles. The van der Waals surface area contributed by atoms with Crippen LogP contribution in [0.3, 0.4) is 0 Å². The minimum absolute atomic E-state index is 0.0481. The molecule has 0 amide bonds. The van der Waals surface area contributed by atoms with E-state index in [9.17, 15) is 14.7 Å². The molecule has 5 heteroatoms. The van der Waals surface area contributed by atoms with Gasteiger partial charge in [0.1, 0.15) is 11.3 Å². The summed E-state index contributed by atoms with van der Waals surface area (Å²) in [5.74, 6) is -1.39. The van der Waals surface area contributed by atoms with Crippen molar-refractivity contribution in [3.63, 3.8) is 0 Å². The summed E-state index contributed by atoms with van der Waals surface area (Å²) in [4.78, 5) is 23.9. The van der Waals surface area contributed by atoms with E-state index in [1.807, 2.05) is 13.8 Å². The molecule has 114 valence electrons. The summed E-state index contributed by atoms with van der Waals surface area (Å²) in [5, 5.41) is 9.42. The van der Waals surface area contributed by atoms with Gasteiger partial charge in [0.25, 0.3) is 0 Å². The molecular weight excluding hydrogens is 272 g/mol. The van der Waals surface area contributed by atoms with Gasteiger partial charge in [0.15, 0.2) is 0 Å². The Hall–Kier alpha value is -2.30. The maximum atomic E-state index is 11.9. The molecule has 1 rings (SSSR count). The van der Waals surface area contributed by atoms with Gasteiger partial charge in [-0.05, 0) is 36.6 Å². The third-order valence-corrected chi connectivity index (χ3v) is 2.50. The van der Waals surface area contributed by atoms with Crippen molar-refractivity contribution in [1.29, 1.82) is 0 Å². The van der Waals surface area contributed by atoms with Gasteiger partial charge in [-0.25, -0.2) is 9.59 Å². The second kappa shape index (κ2) is 8.79. The molecule has 0 aliphatic rings. The molecular formula is C16H20O5. The van der Waals surface area contributed by atoms with E-state index in [0.29, 0.717) is 18.4 Å². The van der Waals surface area contributed by atoms with Crippen molar-refractivity contribution in [2.24, 2.45) is 0 Å². The number of carbonyl (C=O) groups excluding carboxylic acids is 2. The van der Waals surface area contributed by atoms with Gasteiger partial charge in [0.05, 0.1) is 13.2 Å². The number of ether oxygens (including phenoxy) is 2. The number of phenols is 1. The SMILES string of the molecule is CCCOC(=O)C(=Cc1cccc(O)c1)C(=O)OCCC. The summed E-state index contributed by atoms with van der Waals surface area (Å²) in [7, 11) is 0. The first-order chi connectivity index (χ1) is 10.1. The molecule has 21 heavy (non-hydrogen) atoms. The second-order valence-corrected chi connectivity index (χ2v) is 4.42. The molecule has 0 saturated carbocycles. The summed E-state index contributed by atoms with van der Waals surface area (Å²) in [6.45, 7) is 4.19. The lowest BCUT2D eigenvalue weighted by Gasteiger charge is -2.08. The van der Waals surface area contributed by atoms with E-state index < -0.39 is 11.9 Å². The van der Waals surface area contributed by atoms with E-state index in [1.165, 1.54) is 18.2 Å². The van der Waals surface area contributed by atoms with Gasteiger partial charge in [-0.15, -0.1) is 0 Å². The highest BCUT2D eigenvalue weighted by Crippen LogP contribution is 2.15. The molecule has 0 saturated heterocycles. The Labute approximate surface area is 124 Å². The number of benzene rings is 1. The number of esters is 2. The van der Waals surface area contributed by atoms with Gasteiger partial charge in [-0.1, -0.05) is 26.0 Å². The highest BCUT2D eigenvalue weighted by atomic mass is 16.6. The fraction of sp³-hybridized carbons (Fsp3) is 0.375. The van der Waals surface area contributed by atoms with Crippen molar-refractivity contribution >= 4 is 18.0 Å². The molecule has 1 aromatic rings. The van der Waals surface area contributed by atoms with Crippen LogP contribution in [0, 0.1) is 0 Å². The quantitative estimate of drug-likeness (QED) is 0.362. The van der Waals surface area contributed by atoms with Gasteiger partial charge >= 0.3 is 11.9 Å². The van der Waals surface area contributed by atoms with Crippen LogP contribution in [0.25, 0.3) is 6.08 Å². The second-order valence-electron chi connectivity index (χ2n) is 4.42. The van der Waals surface area contributed by atoms with Crippen LogP contribution in [0.2, 0.25) is 0 Å². The molecule has 0 aromatic heterocycles. The molecule has 5 nitrogen and oxygen atoms in total. The standard InChI is InChI=1S/C16H20O5/c1-3-8-20-15(18)14(16(19)21-9-4-2)11-12-6-5-7-13(17)10-12/h5-7,10-11,17H,3-4,8-9H2,1-2H3. The van der Waals surface area contributed by atoms with E-state index in [-0.39, 0.29) is 24.5 Å². The Morgan fingerprint density at radius 3 is 2.14 bits per heavy atom. The largest absolute Gasteiger partial charge is 0.508 e. The first kappa shape index (κ1) is 16.8. The molecule has 0 bridgehead atoms. The highest BCUT2D eigenvalue weighted by Gasteiger charge is 2.21. The lowest BCUT2D eigenvalue weighted by molar-refractivity contribution is -0.147. The van der Waals surface area contributed by atoms with Crippen molar-refractivity contribution in [2.45, 2.75) is 26.7 Å². The molecule has 0 aliphatic heterocycles. The molecule has 0 heterocycles. The van der Waals surface area contributed by atoms with Gasteiger partial charge in [0.2, 0.25) is 0 Å². The van der Waals surface area contributed by atoms with Gasteiger partial charge in [-0.2, -0.15) is 0 Å². The van der Waals surface area contributed by atoms with Crippen molar-refractivity contribution < 1.29 is 24.2 Å². The average Bonchev–Trinajstić information content (AvgIpc) is 2.48. The molecule has 0 fully saturated rings. The van der Waals surface area contributed by atoms with Crippen molar-refractivity contribution in [3.8, 4) is 5.75 Å². The number of hydrogen-bond acceptors (Lipinski definition) is 5. The molecule has 0 atom stereocenters. The molecule has 0 radical (unpaired) electrons. The molecule has 1 N–H and O–H groups in total. The van der Waals surface area contributed by atoms with E-state index in [4.69, 9.17) is 9.47 Å². The summed E-state index contributed by atoms with van der Waals surface area (Å²) in [5.41, 5.74) is 0.342. The third kappa shape index (κ3) is 5.69. The van der Waals surface area contributed by atoms with Crippen LogP contribution in [0.4, 0.5) is 0 Å². The van der Waals surface area contributed by atoms with E-state index in [2.05, 4.69) is 0 Å². The Kier molecular flexibility index (Phi) is 7.01. The Morgan fingerprint density at radius 1 is 1.10 bits per heavy atom. The number of hydrogen-bond donors (Lipinski definition) is 1. The normalized spacial score (nSPS) is 9.81. The smallest absolute Gasteiger partial charge is 0.345 e. The predicted molar refractivity (Wildman–Crippen MR) is 78.6 cm³/mol. The monoisotopic (exact) mass is 292 g/mol. The molecule has 0 unspecified atom stereocenters. The van der Waals surface area contributed by atoms with Crippen LogP contribution in [0.15, 0.2) is 29.8 Å². The first-order valence-electron chi connectivity index (χ1n) is 6.93. The lowest BCUT2D eigenvalue weighted by Crippen LogP contribution is -2.19. The molecule has 1 aromatic carbocycles. The number of aromatic hydroxyl groups is 1. The average molecular weight is 292 g/mol. The van der Waals surface area contributed by atoms with Crippen LogP contribution in [0.5, 0.6) is 5.75 Å². The van der Waals surface area contributed by atoms with Gasteiger partial charge in [0, 0.05) is 0 Å². The van der Waals surface area contributed by atoms with Crippen molar-refractivity contribution in [2.75, 3.05) is 13.2 Å². The highest BCUT2D eigenvalue weighted by molar-refractivity contribution is 6.17. The van der Waals surface area contributed by atoms with E-state index in [0.717, 1.165) is 0 Å². The van der Waals surface area contributed by atoms with Crippen LogP contribution in [-0.4, -0.2) is 30.3 Å². The maximum Gasteiger partial charge on any atom is 0.345 e. The minimum Gasteiger partial charge on any atom is -0.508 e. The van der Waals surface area contributed by atoms with Crippen LogP contribution < -0.4 is 0 Å². The zero-order chi connectivity index (χ0) is 15.7. The number of carbonyl (C=O) groups is 2. The Balaban J connectivity index is 2.99. The van der Waals surface area contributed by atoms with Gasteiger partial charge in [-0.3, -0.25) is 0 Å². The first-order valence-corrected chi connectivity index (χ1v) is 6.93. The topological polar surface area (TPSA) is 72.8 Å². The predicted octanol–water partition coefficient (Wildman–Crippen LogP) is 2.68. The zero-order valence-electron chi connectivity index (χ0n) is 12.3. The van der Waals surface area contributed by atoms with Crippen molar-refractivity contribution in [1.82, 2.24) is 0 Å². The Bertz CT molecular complexity index is 497. The fourth-order valence-corrected chi connectivity index (χ4v) is 1.53. The van der Waals surface area contributed by atoms with Crippen LogP contribution >= 0.6 is 0 Å². The van der Waals surface area contributed by atoms with E-state index >= 15 is 0 Å². The summed E-state index contributed by atoms with van der Waals surface area (Å²) >= 11 is 0. The molecule has 0 spiro atoms. The zero-order valence-corrected chi connectivity index (χ0v) is 12.3. The lowest BCUT2D eigenvalue weighted by atomic mass is 10.1. The van der Waals surface area contributed by atoms with Crippen LogP contribution in [0.1, 0.15) is 32.3 Å². The summed E-state index contributed by atoms with van der Waals surface area (Å²) < 4.78 is 9.97. The third-order valence-electron chi connectivity index (χ3n) is 2.50.